The lowest BCUT2D eigenvalue weighted by Gasteiger charge is -2.56. The summed E-state index contributed by atoms with van der Waals surface area (Å²) in [5, 5.41) is 20.6. The van der Waals surface area contributed by atoms with Gasteiger partial charge in [-0.1, -0.05) is 42.0 Å². The number of pyridine rings is 1. The summed E-state index contributed by atoms with van der Waals surface area (Å²) >= 11 is 1.45. The van der Waals surface area contributed by atoms with Crippen LogP contribution in [0.3, 0.4) is 0 Å². The number of nitrogens with one attached hydrogen (secondary N) is 2. The largest absolute Gasteiger partial charge is 0.481 e. The number of amides is 2. The number of para-hydroxylation sites is 1. The second-order valence-corrected chi connectivity index (χ2v) is 17.8. The molecule has 11 nitrogen and oxygen atoms in total. The molecule has 2 amide bonds. The van der Waals surface area contributed by atoms with Gasteiger partial charge in [0.05, 0.1) is 16.4 Å². The Bertz CT molecular complexity index is 2240. The predicted molar refractivity (Wildman–Crippen MR) is 218 cm³/mol. The van der Waals surface area contributed by atoms with E-state index in [2.05, 4.69) is 38.2 Å². The molecule has 5 aromatic rings. The highest BCUT2D eigenvalue weighted by molar-refractivity contribution is 7.22. The Hall–Kier alpha value is -5.10. The molecule has 5 aliphatic rings. The normalized spacial score (nSPS) is 22.3. The van der Waals surface area contributed by atoms with E-state index >= 15 is 0 Å². The molecule has 12 heteroatoms. The fraction of sp³-hybridized carbons (Fsp3) is 0.455. The maximum Gasteiger partial charge on any atom is 0.303 e. The monoisotopic (exact) mass is 771 g/mol. The van der Waals surface area contributed by atoms with Gasteiger partial charge in [0.15, 0.2) is 5.13 Å². The zero-order valence-electron chi connectivity index (χ0n) is 31.9. The Morgan fingerprint density at radius 2 is 1.68 bits per heavy atom. The van der Waals surface area contributed by atoms with E-state index in [4.69, 9.17) is 15.2 Å². The highest BCUT2D eigenvalue weighted by Crippen LogP contribution is 2.60. The summed E-state index contributed by atoms with van der Waals surface area (Å²) in [7, 11) is 0. The lowest BCUT2D eigenvalue weighted by atomic mass is 9.49. The fourth-order valence-electron chi connectivity index (χ4n) is 10.6. The highest BCUT2D eigenvalue weighted by Gasteiger charge is 2.51. The Balaban J connectivity index is 0.975. The number of carbonyl (C=O) groups excluding carboxylic acids is 2. The van der Waals surface area contributed by atoms with Gasteiger partial charge in [0, 0.05) is 55.0 Å². The van der Waals surface area contributed by atoms with Crippen LogP contribution < -0.4 is 15.5 Å². The molecule has 4 heterocycles. The van der Waals surface area contributed by atoms with Crippen molar-refractivity contribution in [1.29, 1.82) is 0 Å². The van der Waals surface area contributed by atoms with Crippen LogP contribution >= 0.6 is 11.3 Å². The number of aliphatic carboxylic acids is 1. The van der Waals surface area contributed by atoms with Crippen LogP contribution in [-0.2, 0) is 24.3 Å². The molecule has 0 atom stereocenters. The number of benzene rings is 2. The first-order valence-electron chi connectivity index (χ1n) is 20.3. The minimum atomic E-state index is -0.805. The van der Waals surface area contributed by atoms with E-state index in [0.29, 0.717) is 66.5 Å². The minimum absolute atomic E-state index is 0.124. The number of anilines is 2. The zero-order chi connectivity index (χ0) is 38.4. The number of carboxylic acids is 1. The lowest BCUT2D eigenvalue weighted by Crippen LogP contribution is -2.48. The lowest BCUT2D eigenvalue weighted by molar-refractivity contribution is -0.137. The van der Waals surface area contributed by atoms with Crippen molar-refractivity contribution < 1.29 is 19.5 Å². The number of rotatable bonds is 13. The summed E-state index contributed by atoms with van der Waals surface area (Å²) < 4.78 is 3.20. The van der Waals surface area contributed by atoms with Crippen molar-refractivity contribution in [2.45, 2.75) is 90.6 Å². The van der Waals surface area contributed by atoms with Gasteiger partial charge < -0.3 is 15.3 Å². The van der Waals surface area contributed by atoms with E-state index in [1.165, 1.54) is 49.9 Å². The minimum Gasteiger partial charge on any atom is -0.481 e. The van der Waals surface area contributed by atoms with Crippen molar-refractivity contribution >= 4 is 50.3 Å². The molecule has 3 N–H and O–H groups in total. The van der Waals surface area contributed by atoms with Crippen molar-refractivity contribution in [2.75, 3.05) is 23.3 Å². The van der Waals surface area contributed by atoms with E-state index < -0.39 is 5.97 Å². The standard InChI is InChI=1S/C44H49N7O4S/c1-27-34(24-46-51(27)26-44-21-28-18-29(22-44)20-30(19-28)23-44)32-13-14-38(48-40(32)42(55)45-16-6-2-3-12-39(52)53)50-17-15-31-8-7-9-33(35(31)25-50)41(54)49-43-47-36-10-4-5-11-37(36)56-43/h4-5,7-11,13-14,24,28-30H,2-3,6,12,15-23,25-26H2,1H3,(H,45,55)(H,52,53)(H,47,49,54). The third-order valence-corrected chi connectivity index (χ3v) is 13.8. The molecule has 0 saturated heterocycles. The molecule has 2 aromatic carbocycles. The molecular weight excluding hydrogens is 723 g/mol. The maximum atomic E-state index is 14.0. The molecule has 290 valence electrons. The fourth-order valence-corrected chi connectivity index (χ4v) is 11.5. The molecule has 0 radical (unpaired) electrons. The summed E-state index contributed by atoms with van der Waals surface area (Å²) in [5.74, 6) is 1.99. The number of nitrogens with zero attached hydrogens (tertiary/aromatic N) is 5. The number of unbranched alkanes of at least 4 members (excludes halogenated alkanes) is 2. The van der Waals surface area contributed by atoms with Crippen LogP contribution in [0.25, 0.3) is 21.3 Å². The van der Waals surface area contributed by atoms with Crippen LogP contribution in [-0.4, -0.2) is 55.7 Å². The molecule has 0 unspecified atom stereocenters. The van der Waals surface area contributed by atoms with Gasteiger partial charge in [-0.25, -0.2) is 9.97 Å². The molecule has 56 heavy (non-hydrogen) atoms. The van der Waals surface area contributed by atoms with Crippen molar-refractivity contribution in [3.8, 4) is 11.1 Å². The van der Waals surface area contributed by atoms with E-state index in [-0.39, 0.29) is 18.2 Å². The number of fused-ring (bicyclic) bond motifs is 2. The number of thiazole rings is 1. The highest BCUT2D eigenvalue weighted by atomic mass is 32.1. The van der Waals surface area contributed by atoms with Gasteiger partial charge in [0.25, 0.3) is 11.8 Å². The Labute approximate surface area is 330 Å². The van der Waals surface area contributed by atoms with Crippen molar-refractivity contribution in [2.24, 2.45) is 23.2 Å². The van der Waals surface area contributed by atoms with Crippen LogP contribution in [0.5, 0.6) is 0 Å². The van der Waals surface area contributed by atoms with Gasteiger partial charge in [-0.2, -0.15) is 5.10 Å². The van der Waals surface area contributed by atoms with E-state index in [1.807, 2.05) is 54.7 Å². The van der Waals surface area contributed by atoms with Crippen LogP contribution in [0.1, 0.15) is 102 Å². The summed E-state index contributed by atoms with van der Waals surface area (Å²) in [5.41, 5.74) is 6.90. The Morgan fingerprint density at radius 1 is 0.893 bits per heavy atom. The van der Waals surface area contributed by atoms with Gasteiger partial charge in [0.2, 0.25) is 0 Å². The molecule has 4 saturated carbocycles. The van der Waals surface area contributed by atoms with E-state index in [1.54, 1.807) is 0 Å². The number of hydrogen-bond acceptors (Lipinski definition) is 8. The molecule has 0 spiro atoms. The predicted octanol–water partition coefficient (Wildman–Crippen LogP) is 8.27. The van der Waals surface area contributed by atoms with Gasteiger partial charge >= 0.3 is 5.97 Å². The van der Waals surface area contributed by atoms with Crippen molar-refractivity contribution in [3.05, 3.63) is 88.9 Å². The van der Waals surface area contributed by atoms with Gasteiger partial charge in [-0.05, 0) is 129 Å². The van der Waals surface area contributed by atoms with Crippen LogP contribution in [0, 0.1) is 30.1 Å². The van der Waals surface area contributed by atoms with Crippen molar-refractivity contribution in [3.63, 3.8) is 0 Å². The van der Waals surface area contributed by atoms with Crippen LogP contribution in [0.2, 0.25) is 0 Å². The van der Waals surface area contributed by atoms with Crippen molar-refractivity contribution in [1.82, 2.24) is 25.1 Å². The molecule has 4 aliphatic carbocycles. The Morgan fingerprint density at radius 3 is 2.45 bits per heavy atom. The summed E-state index contributed by atoms with van der Waals surface area (Å²) in [6, 6.07) is 17.7. The number of aromatic nitrogens is 4. The number of carbonyl (C=O) groups is 3. The summed E-state index contributed by atoms with van der Waals surface area (Å²) in [6.45, 7) is 4.63. The van der Waals surface area contributed by atoms with E-state index in [9.17, 15) is 14.4 Å². The zero-order valence-corrected chi connectivity index (χ0v) is 32.7. The van der Waals surface area contributed by atoms with Crippen LogP contribution in [0.15, 0.2) is 60.8 Å². The Kier molecular flexibility index (Phi) is 9.85. The average molecular weight is 772 g/mol. The van der Waals surface area contributed by atoms with E-state index in [0.717, 1.165) is 68.9 Å². The molecule has 1 aliphatic heterocycles. The summed E-state index contributed by atoms with van der Waals surface area (Å²) in [6.07, 6.45) is 12.8. The quantitative estimate of drug-likeness (QED) is 0.102. The average Bonchev–Trinajstić information content (AvgIpc) is 3.76. The SMILES string of the molecule is Cc1c(-c2ccc(N3CCc4cccc(C(=O)Nc5nc6ccccc6s5)c4C3)nc2C(=O)NCCCCCC(=O)O)cnn1CC12CC3CC(CC(C3)C1)C2. The smallest absolute Gasteiger partial charge is 0.303 e. The van der Waals surface area contributed by atoms with Gasteiger partial charge in [-0.3, -0.25) is 24.4 Å². The first kappa shape index (κ1) is 36.5. The molecule has 4 bridgehead atoms. The van der Waals surface area contributed by atoms with Crippen LogP contribution in [0.4, 0.5) is 10.9 Å². The number of hydrogen-bond donors (Lipinski definition) is 3. The first-order valence-corrected chi connectivity index (χ1v) is 21.1. The number of carboxylic acid groups (broad SMARTS) is 1. The topological polar surface area (TPSA) is 142 Å². The first-order chi connectivity index (χ1) is 27.2. The maximum absolute atomic E-state index is 14.0. The summed E-state index contributed by atoms with van der Waals surface area (Å²) in [4.78, 5) is 50.6. The molecular formula is C44H49N7O4S. The second kappa shape index (κ2) is 15.1. The molecule has 4 fully saturated rings. The third-order valence-electron chi connectivity index (χ3n) is 12.8. The van der Waals surface area contributed by atoms with Gasteiger partial charge in [-0.15, -0.1) is 0 Å². The second-order valence-electron chi connectivity index (χ2n) is 16.8. The van der Waals surface area contributed by atoms with Gasteiger partial charge in [0.1, 0.15) is 11.5 Å². The molecule has 10 rings (SSSR count). The molecule has 3 aromatic heterocycles. The third kappa shape index (κ3) is 7.31.